The second-order valence-corrected chi connectivity index (χ2v) is 8.16. The van der Waals surface area contributed by atoms with Crippen molar-refractivity contribution in [1.29, 1.82) is 0 Å². The molecule has 0 aliphatic carbocycles. The van der Waals surface area contributed by atoms with Gasteiger partial charge in [-0.1, -0.05) is 36.4 Å². The molecular weight excluding hydrogens is 504 g/mol. The number of carbonyl (C=O) groups excluding carboxylic acids is 1. The van der Waals surface area contributed by atoms with Gasteiger partial charge in [-0.3, -0.25) is 9.79 Å². The molecule has 0 aliphatic heterocycles. The van der Waals surface area contributed by atoms with Gasteiger partial charge in [-0.2, -0.15) is 0 Å². The van der Waals surface area contributed by atoms with Crippen LogP contribution in [-0.2, 0) is 24.5 Å². The summed E-state index contributed by atoms with van der Waals surface area (Å²) in [6.45, 7) is 0.515. The van der Waals surface area contributed by atoms with Gasteiger partial charge in [-0.15, -0.1) is 11.3 Å². The summed E-state index contributed by atoms with van der Waals surface area (Å²) in [5, 5.41) is 25.4. The molecule has 0 spiro atoms. The van der Waals surface area contributed by atoms with Gasteiger partial charge in [0.05, 0.1) is 38.2 Å². The van der Waals surface area contributed by atoms with Gasteiger partial charge in [-0.05, 0) is 34.2 Å². The van der Waals surface area contributed by atoms with Gasteiger partial charge in [-0.25, -0.2) is 4.98 Å². The average Bonchev–Trinajstić information content (AvgIpc) is 3.26. The number of nitrogens with one attached hydrogen (secondary N) is 1. The second kappa shape index (κ2) is 14.1. The molecule has 0 radical (unpaired) electrons. The van der Waals surface area contributed by atoms with Crippen LogP contribution in [0.2, 0.25) is 0 Å². The monoisotopic (exact) mass is 523 g/mol. The van der Waals surface area contributed by atoms with Gasteiger partial charge in [0.2, 0.25) is 0 Å². The molecule has 4 aromatic rings. The number of ether oxygens (including phenoxy) is 2. The fraction of sp³-hybridized carbons (Fsp3) is 0.167. The van der Waals surface area contributed by atoms with Gasteiger partial charge in [0, 0.05) is 11.5 Å². The summed E-state index contributed by atoms with van der Waals surface area (Å²) < 4.78 is 10.8. The number of aliphatic imine (C=N–C) groups is 1. The number of benzene rings is 2. The predicted octanol–water partition coefficient (Wildman–Crippen LogP) is -4.61. The van der Waals surface area contributed by atoms with E-state index < -0.39 is 17.4 Å². The molecule has 2 aromatic heterocycles. The van der Waals surface area contributed by atoms with Crippen LogP contribution in [0, 0.1) is 0 Å². The molecule has 1 N–H and O–H groups in total. The zero-order chi connectivity index (χ0) is 24.1. The fourth-order valence-electron chi connectivity index (χ4n) is 3.24. The molecule has 2 aromatic carbocycles. The van der Waals surface area contributed by atoms with Crippen LogP contribution in [0.3, 0.4) is 0 Å². The molecule has 0 unspecified atom stereocenters. The van der Waals surface area contributed by atoms with E-state index in [1.54, 1.807) is 42.8 Å². The SMILES string of the molecule is COc1cccc(CN=C([O-])c2nc3scc(COCc4ccc(C(=O)[O-])cc4)c3c(=O)[nH]2)c1.[Na+].[Na+]. The molecule has 2 heterocycles. The fourth-order valence-corrected chi connectivity index (χ4v) is 4.16. The average molecular weight is 523 g/mol. The van der Waals surface area contributed by atoms with Crippen molar-refractivity contribution in [2.24, 2.45) is 4.99 Å². The van der Waals surface area contributed by atoms with Crippen LogP contribution in [0.15, 0.2) is 63.7 Å². The number of thiophene rings is 1. The third-order valence-corrected chi connectivity index (χ3v) is 5.90. The van der Waals surface area contributed by atoms with Crippen LogP contribution < -0.4 is 79.6 Å². The van der Waals surface area contributed by atoms with Crippen molar-refractivity contribution < 1.29 is 83.6 Å². The summed E-state index contributed by atoms with van der Waals surface area (Å²) in [5.41, 5.74) is 1.87. The standard InChI is InChI=1S/C24H21N3O6S.2Na/c1-32-18-4-2-3-15(9-18)10-25-22(29)20-26-21(28)19-17(13-34-23(19)27-20)12-33-11-14-5-7-16(8-6-14)24(30)31;;/h2-9,13H,10-12H2,1H3,(H,25,29)(H,30,31)(H,26,27,28);;/q;2*+1/p-2. The van der Waals surface area contributed by atoms with Crippen LogP contribution in [0.25, 0.3) is 10.2 Å². The normalized spacial score (nSPS) is 11.0. The number of aromatic amines is 1. The summed E-state index contributed by atoms with van der Waals surface area (Å²) in [4.78, 5) is 34.7. The maximum atomic E-state index is 12.7. The van der Waals surface area contributed by atoms with Gasteiger partial charge in [0.1, 0.15) is 16.4 Å². The number of hydrogen-bond donors (Lipinski definition) is 1. The second-order valence-electron chi connectivity index (χ2n) is 7.31. The third-order valence-electron chi connectivity index (χ3n) is 4.98. The van der Waals surface area contributed by atoms with E-state index in [2.05, 4.69) is 15.0 Å². The Bertz CT molecular complexity index is 1420. The van der Waals surface area contributed by atoms with E-state index in [9.17, 15) is 19.8 Å². The van der Waals surface area contributed by atoms with E-state index in [4.69, 9.17) is 9.47 Å². The van der Waals surface area contributed by atoms with Gasteiger partial charge >= 0.3 is 59.1 Å². The maximum Gasteiger partial charge on any atom is 1.00 e. The molecule has 4 rings (SSSR count). The van der Waals surface area contributed by atoms with Gasteiger partial charge in [0.25, 0.3) is 5.56 Å². The molecule has 0 bridgehead atoms. The first-order valence-corrected chi connectivity index (χ1v) is 11.1. The van der Waals surface area contributed by atoms with E-state index in [1.165, 1.54) is 23.5 Å². The number of nitrogens with zero attached hydrogens (tertiary/aromatic N) is 2. The van der Waals surface area contributed by atoms with Gasteiger partial charge in [0.15, 0.2) is 0 Å². The quantitative estimate of drug-likeness (QED) is 0.132. The van der Waals surface area contributed by atoms with E-state index in [1.807, 2.05) is 6.07 Å². The summed E-state index contributed by atoms with van der Waals surface area (Å²) in [7, 11) is 1.56. The molecule has 0 amide bonds. The van der Waals surface area contributed by atoms with Crippen molar-refractivity contribution >= 4 is 33.4 Å². The Morgan fingerprint density at radius 3 is 2.53 bits per heavy atom. The molecule has 12 heteroatoms. The topological polar surface area (TPSA) is 140 Å². The molecule has 9 nitrogen and oxygen atoms in total. The minimum Gasteiger partial charge on any atom is -0.856 e. The Morgan fingerprint density at radius 1 is 1.08 bits per heavy atom. The largest absolute Gasteiger partial charge is 1.00 e. The number of hydrogen-bond acceptors (Lipinski definition) is 9. The molecular formula is C24H19N3Na2O6S. The third kappa shape index (κ3) is 7.50. The Kier molecular flexibility index (Phi) is 11.8. The summed E-state index contributed by atoms with van der Waals surface area (Å²) in [5.74, 6) is -1.32. The predicted molar refractivity (Wildman–Crippen MR) is 123 cm³/mol. The first-order valence-electron chi connectivity index (χ1n) is 10.2. The molecule has 36 heavy (non-hydrogen) atoms. The van der Waals surface area contributed by atoms with Crippen molar-refractivity contribution in [3.05, 3.63) is 92.3 Å². The van der Waals surface area contributed by atoms with E-state index in [-0.39, 0.29) is 90.3 Å². The number of carbonyl (C=O) groups is 1. The summed E-state index contributed by atoms with van der Waals surface area (Å²) in [6, 6.07) is 13.4. The molecule has 0 saturated carbocycles. The maximum absolute atomic E-state index is 12.7. The molecule has 0 fully saturated rings. The van der Waals surface area contributed by atoms with Crippen molar-refractivity contribution in [2.75, 3.05) is 7.11 Å². The van der Waals surface area contributed by atoms with Crippen molar-refractivity contribution in [3.8, 4) is 5.75 Å². The Morgan fingerprint density at radius 2 is 1.83 bits per heavy atom. The van der Waals surface area contributed by atoms with Crippen molar-refractivity contribution in [3.63, 3.8) is 0 Å². The Balaban J connectivity index is 0.00000228. The van der Waals surface area contributed by atoms with E-state index in [0.29, 0.717) is 21.5 Å². The smallest absolute Gasteiger partial charge is 0.856 e. The van der Waals surface area contributed by atoms with E-state index >= 15 is 0 Å². The van der Waals surface area contributed by atoms with Crippen LogP contribution in [-0.4, -0.2) is 28.9 Å². The Labute approximate surface area is 254 Å². The zero-order valence-corrected chi connectivity index (χ0v) is 24.9. The molecule has 0 atom stereocenters. The van der Waals surface area contributed by atoms with Crippen LogP contribution in [0.1, 0.15) is 32.9 Å². The van der Waals surface area contributed by atoms with Crippen LogP contribution in [0.4, 0.5) is 0 Å². The molecule has 174 valence electrons. The minimum absolute atomic E-state index is 0. The number of fused-ring (bicyclic) bond motifs is 1. The molecule has 0 saturated heterocycles. The Hall–Kier alpha value is -2.02. The number of carboxylic acids is 1. The van der Waals surface area contributed by atoms with Crippen molar-refractivity contribution in [1.82, 2.24) is 9.97 Å². The van der Waals surface area contributed by atoms with Crippen molar-refractivity contribution in [2.45, 2.75) is 19.8 Å². The first-order chi connectivity index (χ1) is 16.4. The number of rotatable bonds is 9. The minimum atomic E-state index is -1.24. The van der Waals surface area contributed by atoms with Gasteiger partial charge < -0.3 is 29.5 Å². The van der Waals surface area contributed by atoms with Crippen LogP contribution in [0.5, 0.6) is 5.75 Å². The summed E-state index contributed by atoms with van der Waals surface area (Å²) >= 11 is 1.24. The number of H-pyrrole nitrogens is 1. The number of methoxy groups -OCH3 is 1. The summed E-state index contributed by atoms with van der Waals surface area (Å²) in [6.07, 6.45) is 0. The van der Waals surface area contributed by atoms with E-state index in [0.717, 1.165) is 11.1 Å². The first kappa shape index (κ1) is 30.2. The van der Waals surface area contributed by atoms with Crippen LogP contribution >= 0.6 is 11.3 Å². The number of carboxylic acid groups (broad SMARTS) is 1. The number of aromatic nitrogens is 2. The molecule has 0 aliphatic rings. The number of aromatic carboxylic acids is 1. The zero-order valence-electron chi connectivity index (χ0n) is 20.1.